The van der Waals surface area contributed by atoms with Crippen molar-refractivity contribution in [2.45, 2.75) is 65.5 Å². The molecule has 3 nitrogen and oxygen atoms in total. The minimum absolute atomic E-state index is 0.449. The summed E-state index contributed by atoms with van der Waals surface area (Å²) in [7, 11) is 0. The number of hydrogen-bond acceptors (Lipinski definition) is 2. The van der Waals surface area contributed by atoms with Gasteiger partial charge in [0.25, 0.3) is 0 Å². The Morgan fingerprint density at radius 2 is 2.00 bits per heavy atom. The van der Waals surface area contributed by atoms with Gasteiger partial charge >= 0.3 is 0 Å². The first-order valence-corrected chi connectivity index (χ1v) is 7.87. The third-order valence-electron chi connectivity index (χ3n) is 3.83. The number of benzene rings is 1. The number of aromatic nitrogens is 2. The molecule has 0 radical (unpaired) electrons. The van der Waals surface area contributed by atoms with E-state index in [1.165, 1.54) is 37.0 Å². The summed E-state index contributed by atoms with van der Waals surface area (Å²) in [5, 5.41) is 0. The van der Waals surface area contributed by atoms with Crippen molar-refractivity contribution < 1.29 is 0 Å². The minimum atomic E-state index is 0.449. The Labute approximate surface area is 122 Å². The summed E-state index contributed by atoms with van der Waals surface area (Å²) < 4.78 is 2.38. The van der Waals surface area contributed by atoms with Crippen LogP contribution in [-0.4, -0.2) is 9.55 Å². The van der Waals surface area contributed by atoms with E-state index in [9.17, 15) is 0 Å². The second-order valence-electron chi connectivity index (χ2n) is 5.83. The number of fused-ring (bicyclic) bond motifs is 1. The van der Waals surface area contributed by atoms with Crippen LogP contribution in [0.4, 0.5) is 0 Å². The van der Waals surface area contributed by atoms with Crippen LogP contribution in [0.2, 0.25) is 0 Å². The molecule has 2 rings (SSSR count). The number of rotatable bonds is 7. The van der Waals surface area contributed by atoms with Crippen LogP contribution in [0.1, 0.15) is 63.9 Å². The Morgan fingerprint density at radius 3 is 2.65 bits per heavy atom. The lowest BCUT2D eigenvalue weighted by Crippen LogP contribution is -2.06. The standard InChI is InChI=1S/C17H27N3/c1-4-5-6-7-8-17-19-15-11-14(12-18)9-10-16(15)20(17)13(2)3/h9-11,13H,4-8,12,18H2,1-3H3. The highest BCUT2D eigenvalue weighted by atomic mass is 15.1. The van der Waals surface area contributed by atoms with Crippen molar-refractivity contribution in [1.82, 2.24) is 9.55 Å². The first kappa shape index (κ1) is 15.0. The number of aryl methyl sites for hydroxylation is 1. The number of imidazole rings is 1. The Bertz CT molecular complexity index is 555. The maximum atomic E-state index is 5.72. The van der Waals surface area contributed by atoms with Gasteiger partial charge < -0.3 is 10.3 Å². The highest BCUT2D eigenvalue weighted by Crippen LogP contribution is 2.23. The second-order valence-corrected chi connectivity index (χ2v) is 5.83. The highest BCUT2D eigenvalue weighted by Gasteiger charge is 2.13. The first-order valence-electron chi connectivity index (χ1n) is 7.87. The van der Waals surface area contributed by atoms with Crippen LogP contribution in [0.3, 0.4) is 0 Å². The lowest BCUT2D eigenvalue weighted by atomic mass is 10.1. The van der Waals surface area contributed by atoms with Crippen molar-refractivity contribution in [2.75, 3.05) is 0 Å². The molecule has 20 heavy (non-hydrogen) atoms. The van der Waals surface area contributed by atoms with Crippen LogP contribution in [0.25, 0.3) is 11.0 Å². The molecule has 2 aromatic rings. The van der Waals surface area contributed by atoms with Gasteiger partial charge in [0.2, 0.25) is 0 Å². The van der Waals surface area contributed by atoms with Crippen molar-refractivity contribution in [3.63, 3.8) is 0 Å². The van der Waals surface area contributed by atoms with Gasteiger partial charge in [-0.2, -0.15) is 0 Å². The Balaban J connectivity index is 2.29. The fourth-order valence-electron chi connectivity index (χ4n) is 2.78. The molecule has 0 bridgehead atoms. The van der Waals surface area contributed by atoms with E-state index in [4.69, 9.17) is 10.7 Å². The largest absolute Gasteiger partial charge is 0.326 e. The monoisotopic (exact) mass is 273 g/mol. The average Bonchev–Trinajstić information content (AvgIpc) is 2.80. The Hall–Kier alpha value is -1.35. The number of hydrogen-bond donors (Lipinski definition) is 1. The summed E-state index contributed by atoms with van der Waals surface area (Å²) in [6, 6.07) is 6.86. The molecule has 0 spiro atoms. The SMILES string of the molecule is CCCCCCc1nc2cc(CN)ccc2n1C(C)C. The van der Waals surface area contributed by atoms with Gasteiger partial charge in [0.1, 0.15) is 5.82 Å². The van der Waals surface area contributed by atoms with Gasteiger partial charge in [0.15, 0.2) is 0 Å². The molecule has 0 aliphatic carbocycles. The molecule has 0 fully saturated rings. The van der Waals surface area contributed by atoms with Crippen molar-refractivity contribution in [1.29, 1.82) is 0 Å². The zero-order valence-corrected chi connectivity index (χ0v) is 13.0. The number of nitrogens with two attached hydrogens (primary N) is 1. The average molecular weight is 273 g/mol. The molecule has 1 heterocycles. The fraction of sp³-hybridized carbons (Fsp3) is 0.588. The molecule has 0 atom stereocenters. The van der Waals surface area contributed by atoms with E-state index in [-0.39, 0.29) is 0 Å². The van der Waals surface area contributed by atoms with E-state index >= 15 is 0 Å². The zero-order chi connectivity index (χ0) is 14.5. The maximum absolute atomic E-state index is 5.72. The van der Waals surface area contributed by atoms with Gasteiger partial charge in [-0.15, -0.1) is 0 Å². The molecule has 1 aromatic heterocycles. The predicted molar refractivity (Wildman–Crippen MR) is 85.9 cm³/mol. The predicted octanol–water partition coefficient (Wildman–Crippen LogP) is 4.20. The maximum Gasteiger partial charge on any atom is 0.110 e. The van der Waals surface area contributed by atoms with Crippen LogP contribution < -0.4 is 5.73 Å². The summed E-state index contributed by atoms with van der Waals surface area (Å²) in [4.78, 5) is 4.85. The van der Waals surface area contributed by atoms with Crippen LogP contribution >= 0.6 is 0 Å². The molecule has 110 valence electrons. The van der Waals surface area contributed by atoms with Crippen molar-refractivity contribution in [3.05, 3.63) is 29.6 Å². The molecule has 1 aromatic carbocycles. The molecule has 2 N–H and O–H groups in total. The second kappa shape index (κ2) is 6.89. The third kappa shape index (κ3) is 3.21. The van der Waals surface area contributed by atoms with Gasteiger partial charge in [-0.3, -0.25) is 0 Å². The van der Waals surface area contributed by atoms with E-state index in [0.29, 0.717) is 12.6 Å². The first-order chi connectivity index (χ1) is 9.67. The summed E-state index contributed by atoms with van der Waals surface area (Å²) in [5.41, 5.74) is 9.21. The lowest BCUT2D eigenvalue weighted by Gasteiger charge is -2.13. The Morgan fingerprint density at radius 1 is 1.20 bits per heavy atom. The number of nitrogens with zero attached hydrogens (tertiary/aromatic N) is 2. The van der Waals surface area contributed by atoms with E-state index in [1.54, 1.807) is 0 Å². The summed E-state index contributed by atoms with van der Waals surface area (Å²) in [5.74, 6) is 1.22. The summed E-state index contributed by atoms with van der Waals surface area (Å²) in [6.45, 7) is 7.29. The number of unbranched alkanes of at least 4 members (excludes halogenated alkanes) is 3. The summed E-state index contributed by atoms with van der Waals surface area (Å²) in [6.07, 6.45) is 6.20. The molecular weight excluding hydrogens is 246 g/mol. The van der Waals surface area contributed by atoms with Crippen LogP contribution in [-0.2, 0) is 13.0 Å². The molecule has 0 aliphatic rings. The van der Waals surface area contributed by atoms with E-state index in [0.717, 1.165) is 17.5 Å². The van der Waals surface area contributed by atoms with Crippen molar-refractivity contribution >= 4 is 11.0 Å². The van der Waals surface area contributed by atoms with E-state index in [2.05, 4.69) is 43.5 Å². The van der Waals surface area contributed by atoms with Crippen LogP contribution in [0.5, 0.6) is 0 Å². The van der Waals surface area contributed by atoms with Gasteiger partial charge in [0, 0.05) is 19.0 Å². The molecule has 0 aliphatic heterocycles. The normalized spacial score (nSPS) is 11.7. The van der Waals surface area contributed by atoms with Gasteiger partial charge in [-0.25, -0.2) is 4.98 Å². The zero-order valence-electron chi connectivity index (χ0n) is 13.0. The van der Waals surface area contributed by atoms with Crippen LogP contribution in [0, 0.1) is 0 Å². The molecule has 0 unspecified atom stereocenters. The third-order valence-corrected chi connectivity index (χ3v) is 3.83. The van der Waals surface area contributed by atoms with Crippen LogP contribution in [0.15, 0.2) is 18.2 Å². The Kier molecular flexibility index (Phi) is 5.18. The molecule has 3 heteroatoms. The van der Waals surface area contributed by atoms with Gasteiger partial charge in [-0.1, -0.05) is 32.3 Å². The topological polar surface area (TPSA) is 43.8 Å². The molecule has 0 amide bonds. The van der Waals surface area contributed by atoms with Crippen molar-refractivity contribution in [2.24, 2.45) is 5.73 Å². The summed E-state index contributed by atoms with van der Waals surface area (Å²) >= 11 is 0. The molecule has 0 saturated carbocycles. The minimum Gasteiger partial charge on any atom is -0.326 e. The quantitative estimate of drug-likeness (QED) is 0.768. The fourth-order valence-corrected chi connectivity index (χ4v) is 2.78. The van der Waals surface area contributed by atoms with E-state index in [1.807, 2.05) is 0 Å². The molecular formula is C17H27N3. The van der Waals surface area contributed by atoms with Gasteiger partial charge in [0.05, 0.1) is 11.0 Å². The smallest absolute Gasteiger partial charge is 0.110 e. The van der Waals surface area contributed by atoms with E-state index < -0.39 is 0 Å². The van der Waals surface area contributed by atoms with Gasteiger partial charge in [-0.05, 0) is 38.0 Å². The molecule has 0 saturated heterocycles. The highest BCUT2D eigenvalue weighted by molar-refractivity contribution is 5.77. The van der Waals surface area contributed by atoms with Crippen molar-refractivity contribution in [3.8, 4) is 0 Å². The lowest BCUT2D eigenvalue weighted by molar-refractivity contribution is 0.564.